The Balaban J connectivity index is 2.04. The maximum Gasteiger partial charge on any atom is 0.249 e. The number of hydrogen-bond donors (Lipinski definition) is 2. The first kappa shape index (κ1) is 16.9. The van der Waals surface area contributed by atoms with Crippen LogP contribution in [0.15, 0.2) is 34.7 Å². The largest absolute Gasteiger partial charge is 0.374 e. The van der Waals surface area contributed by atoms with Gasteiger partial charge < -0.3 is 10.1 Å². The molecule has 2 aromatic rings. The molecular weight excluding hydrogens is 322 g/mol. The van der Waals surface area contributed by atoms with Gasteiger partial charge in [-0.1, -0.05) is 35.6 Å². The number of hydrogen-bond acceptors (Lipinski definition) is 6. The zero-order valence-electron chi connectivity index (χ0n) is 12.4. The molecule has 0 radical (unpaired) electrons. The van der Waals surface area contributed by atoms with Gasteiger partial charge in [0.2, 0.25) is 10.0 Å². The Morgan fingerprint density at radius 3 is 2.59 bits per heavy atom. The molecular formula is C14H19N3O3S2. The van der Waals surface area contributed by atoms with E-state index in [-0.39, 0.29) is 10.3 Å². The van der Waals surface area contributed by atoms with Crippen LogP contribution in [0.5, 0.6) is 0 Å². The van der Waals surface area contributed by atoms with Crippen LogP contribution in [0.2, 0.25) is 0 Å². The van der Waals surface area contributed by atoms with Crippen LogP contribution in [0.1, 0.15) is 25.0 Å². The maximum absolute atomic E-state index is 11.2. The van der Waals surface area contributed by atoms with Gasteiger partial charge in [0.05, 0.1) is 18.9 Å². The molecule has 0 fully saturated rings. The number of nitrogens with two attached hydrogens (primary N) is 1. The quantitative estimate of drug-likeness (QED) is 0.806. The summed E-state index contributed by atoms with van der Waals surface area (Å²) < 4.78 is 28.1. The molecule has 2 rings (SSSR count). The third-order valence-electron chi connectivity index (χ3n) is 2.89. The summed E-state index contributed by atoms with van der Waals surface area (Å²) in [5.74, 6) is 0. The molecule has 22 heavy (non-hydrogen) atoms. The number of sulfonamides is 1. The summed E-state index contributed by atoms with van der Waals surface area (Å²) in [5, 5.41) is 8.70. The summed E-state index contributed by atoms with van der Waals surface area (Å²) in [6.45, 7) is 5.06. The standard InChI is InChI=1S/C14H19N3O3S2/c1-10(2)20-9-12-6-4-3-5-11(12)7-16-14-17-8-13(21-14)22(15,18)19/h3-6,8,10H,7,9H2,1-2H3,(H,16,17)(H2,15,18,19). The van der Waals surface area contributed by atoms with E-state index in [2.05, 4.69) is 10.3 Å². The predicted molar refractivity (Wildman–Crippen MR) is 87.2 cm³/mol. The summed E-state index contributed by atoms with van der Waals surface area (Å²) >= 11 is 1.02. The summed E-state index contributed by atoms with van der Waals surface area (Å²) in [6, 6.07) is 7.93. The van der Waals surface area contributed by atoms with Gasteiger partial charge in [-0.3, -0.25) is 0 Å². The van der Waals surface area contributed by atoms with E-state index < -0.39 is 10.0 Å². The van der Waals surface area contributed by atoms with E-state index in [1.54, 1.807) is 0 Å². The van der Waals surface area contributed by atoms with Gasteiger partial charge in [-0.15, -0.1) is 0 Å². The summed E-state index contributed by atoms with van der Waals surface area (Å²) in [4.78, 5) is 4.02. The van der Waals surface area contributed by atoms with Crippen molar-refractivity contribution in [2.24, 2.45) is 5.14 Å². The van der Waals surface area contributed by atoms with Crippen molar-refractivity contribution >= 4 is 26.5 Å². The fraction of sp³-hybridized carbons (Fsp3) is 0.357. The third kappa shape index (κ3) is 4.77. The number of thiazole rings is 1. The second-order valence-corrected chi connectivity index (χ2v) is 7.83. The Hall–Kier alpha value is -1.48. The fourth-order valence-corrected chi connectivity index (χ4v) is 3.22. The van der Waals surface area contributed by atoms with E-state index in [0.717, 1.165) is 22.5 Å². The molecule has 0 atom stereocenters. The van der Waals surface area contributed by atoms with Crippen molar-refractivity contribution in [3.63, 3.8) is 0 Å². The number of benzene rings is 1. The average molecular weight is 341 g/mol. The van der Waals surface area contributed by atoms with Crippen molar-refractivity contribution in [3.05, 3.63) is 41.6 Å². The van der Waals surface area contributed by atoms with Gasteiger partial charge >= 0.3 is 0 Å². The van der Waals surface area contributed by atoms with E-state index in [9.17, 15) is 8.42 Å². The first-order valence-corrected chi connectivity index (χ1v) is 9.13. The second-order valence-electron chi connectivity index (χ2n) is 5.01. The van der Waals surface area contributed by atoms with Crippen molar-refractivity contribution in [3.8, 4) is 0 Å². The SMILES string of the molecule is CC(C)OCc1ccccc1CNc1ncc(S(N)(=O)=O)s1. The molecule has 120 valence electrons. The number of rotatable bonds is 7. The average Bonchev–Trinajstić information content (AvgIpc) is 2.92. The molecule has 0 saturated heterocycles. The second kappa shape index (κ2) is 7.19. The molecule has 0 aliphatic heterocycles. The zero-order chi connectivity index (χ0) is 16.2. The number of nitrogens with zero attached hydrogens (tertiary/aromatic N) is 1. The summed E-state index contributed by atoms with van der Waals surface area (Å²) in [5.41, 5.74) is 2.17. The van der Waals surface area contributed by atoms with Crippen molar-refractivity contribution in [2.75, 3.05) is 5.32 Å². The van der Waals surface area contributed by atoms with Gasteiger partial charge in [0.15, 0.2) is 9.34 Å². The molecule has 0 bridgehead atoms. The smallest absolute Gasteiger partial charge is 0.249 e. The normalized spacial score (nSPS) is 11.8. The van der Waals surface area contributed by atoms with Crippen LogP contribution in [-0.4, -0.2) is 19.5 Å². The Morgan fingerprint density at radius 2 is 2.00 bits per heavy atom. The fourth-order valence-electron chi connectivity index (χ4n) is 1.77. The van der Waals surface area contributed by atoms with Crippen molar-refractivity contribution in [2.45, 2.75) is 37.3 Å². The minimum atomic E-state index is -3.70. The lowest BCUT2D eigenvalue weighted by atomic mass is 10.1. The molecule has 1 heterocycles. The van der Waals surface area contributed by atoms with E-state index in [0.29, 0.717) is 18.3 Å². The monoisotopic (exact) mass is 341 g/mol. The lowest BCUT2D eigenvalue weighted by molar-refractivity contribution is 0.0653. The van der Waals surface area contributed by atoms with E-state index in [1.165, 1.54) is 6.20 Å². The first-order chi connectivity index (χ1) is 10.4. The van der Waals surface area contributed by atoms with Crippen LogP contribution in [0, 0.1) is 0 Å². The first-order valence-electron chi connectivity index (χ1n) is 6.77. The van der Waals surface area contributed by atoms with Gasteiger partial charge in [0.1, 0.15) is 0 Å². The highest BCUT2D eigenvalue weighted by molar-refractivity contribution is 7.91. The molecule has 6 nitrogen and oxygen atoms in total. The molecule has 0 amide bonds. The number of nitrogens with one attached hydrogen (secondary N) is 1. The molecule has 0 aliphatic rings. The number of aromatic nitrogens is 1. The minimum Gasteiger partial charge on any atom is -0.374 e. The minimum absolute atomic E-state index is 0.0476. The van der Waals surface area contributed by atoms with E-state index >= 15 is 0 Å². The molecule has 1 aromatic carbocycles. The van der Waals surface area contributed by atoms with Gasteiger partial charge in [-0.25, -0.2) is 18.5 Å². The number of primary sulfonamides is 1. The van der Waals surface area contributed by atoms with Gasteiger partial charge in [-0.2, -0.15) is 0 Å². The Labute approximate surface area is 134 Å². The van der Waals surface area contributed by atoms with Crippen molar-refractivity contribution < 1.29 is 13.2 Å². The molecule has 0 spiro atoms. The maximum atomic E-state index is 11.2. The van der Waals surface area contributed by atoms with Crippen LogP contribution in [0.4, 0.5) is 5.13 Å². The lowest BCUT2D eigenvalue weighted by Gasteiger charge is -2.12. The summed E-state index contributed by atoms with van der Waals surface area (Å²) in [6.07, 6.45) is 1.42. The number of ether oxygens (including phenoxy) is 1. The van der Waals surface area contributed by atoms with Gasteiger partial charge in [0.25, 0.3) is 0 Å². The van der Waals surface area contributed by atoms with Crippen LogP contribution < -0.4 is 10.5 Å². The van der Waals surface area contributed by atoms with Crippen LogP contribution >= 0.6 is 11.3 Å². The highest BCUT2D eigenvalue weighted by Crippen LogP contribution is 2.22. The lowest BCUT2D eigenvalue weighted by Crippen LogP contribution is -2.09. The van der Waals surface area contributed by atoms with Crippen molar-refractivity contribution in [1.29, 1.82) is 0 Å². The molecule has 0 saturated carbocycles. The van der Waals surface area contributed by atoms with Gasteiger partial charge in [0, 0.05) is 6.54 Å². The highest BCUT2D eigenvalue weighted by atomic mass is 32.2. The van der Waals surface area contributed by atoms with Gasteiger partial charge in [-0.05, 0) is 25.0 Å². The van der Waals surface area contributed by atoms with Crippen LogP contribution in [0.3, 0.4) is 0 Å². The Bertz CT molecular complexity index is 726. The third-order valence-corrected chi connectivity index (χ3v) is 5.25. The number of anilines is 1. The summed E-state index contributed by atoms with van der Waals surface area (Å²) in [7, 11) is -3.70. The molecule has 0 unspecified atom stereocenters. The molecule has 3 N–H and O–H groups in total. The van der Waals surface area contributed by atoms with Crippen LogP contribution in [0.25, 0.3) is 0 Å². The zero-order valence-corrected chi connectivity index (χ0v) is 14.1. The highest BCUT2D eigenvalue weighted by Gasteiger charge is 2.12. The van der Waals surface area contributed by atoms with Crippen molar-refractivity contribution in [1.82, 2.24) is 4.98 Å². The van der Waals surface area contributed by atoms with E-state index in [1.807, 2.05) is 38.1 Å². The molecule has 1 aromatic heterocycles. The molecule has 0 aliphatic carbocycles. The Morgan fingerprint density at radius 1 is 1.32 bits per heavy atom. The topological polar surface area (TPSA) is 94.3 Å². The van der Waals surface area contributed by atoms with E-state index in [4.69, 9.17) is 9.88 Å². The predicted octanol–water partition coefficient (Wildman–Crippen LogP) is 2.33. The molecule has 8 heteroatoms. The Kier molecular flexibility index (Phi) is 5.52. The van der Waals surface area contributed by atoms with Crippen LogP contribution in [-0.2, 0) is 27.9 Å².